The molecule has 1 aromatic rings. The molecule has 74 valence electrons. The standard InChI is InChI=1S/C12H15NO/c1-3-10(9-12(14)13-2)11-7-5-4-6-8-11/h3-8H,9H2,1-2H3,(H,13,14)/b10-3-. The van der Waals surface area contributed by atoms with Gasteiger partial charge in [0.1, 0.15) is 0 Å². The second-order valence-electron chi connectivity index (χ2n) is 3.03. The average molecular weight is 189 g/mol. The van der Waals surface area contributed by atoms with Crippen LogP contribution in [0.25, 0.3) is 5.57 Å². The summed E-state index contributed by atoms with van der Waals surface area (Å²) in [7, 11) is 1.65. The molecule has 0 heterocycles. The van der Waals surface area contributed by atoms with Crippen LogP contribution in [0.15, 0.2) is 36.4 Å². The number of nitrogens with one attached hydrogen (secondary N) is 1. The van der Waals surface area contributed by atoms with Crippen LogP contribution in [0.1, 0.15) is 18.9 Å². The molecule has 14 heavy (non-hydrogen) atoms. The van der Waals surface area contributed by atoms with Crippen molar-refractivity contribution in [2.45, 2.75) is 13.3 Å². The summed E-state index contributed by atoms with van der Waals surface area (Å²) in [5.74, 6) is 0.0435. The van der Waals surface area contributed by atoms with Crippen molar-refractivity contribution in [2.24, 2.45) is 0 Å². The van der Waals surface area contributed by atoms with E-state index in [4.69, 9.17) is 0 Å². The van der Waals surface area contributed by atoms with E-state index < -0.39 is 0 Å². The molecule has 0 spiro atoms. The summed E-state index contributed by atoms with van der Waals surface area (Å²) < 4.78 is 0. The van der Waals surface area contributed by atoms with Crippen molar-refractivity contribution >= 4 is 11.5 Å². The van der Waals surface area contributed by atoms with E-state index in [1.807, 2.05) is 43.3 Å². The molecule has 1 amide bonds. The summed E-state index contributed by atoms with van der Waals surface area (Å²) in [6, 6.07) is 9.94. The van der Waals surface area contributed by atoms with Gasteiger partial charge in [0.25, 0.3) is 0 Å². The summed E-state index contributed by atoms with van der Waals surface area (Å²) in [5, 5.41) is 2.62. The molecular formula is C12H15NO. The van der Waals surface area contributed by atoms with E-state index in [2.05, 4.69) is 5.32 Å². The molecule has 1 N–H and O–H groups in total. The molecule has 0 saturated carbocycles. The smallest absolute Gasteiger partial charge is 0.224 e. The largest absolute Gasteiger partial charge is 0.359 e. The van der Waals surface area contributed by atoms with Gasteiger partial charge >= 0.3 is 0 Å². The highest BCUT2D eigenvalue weighted by Gasteiger charge is 2.04. The monoisotopic (exact) mass is 189 g/mol. The summed E-state index contributed by atoms with van der Waals surface area (Å²) in [6.45, 7) is 1.95. The van der Waals surface area contributed by atoms with Gasteiger partial charge in [-0.15, -0.1) is 0 Å². The van der Waals surface area contributed by atoms with Gasteiger partial charge in [-0.1, -0.05) is 36.4 Å². The molecule has 2 heteroatoms. The lowest BCUT2D eigenvalue weighted by Crippen LogP contribution is -2.17. The average Bonchev–Trinajstić information content (AvgIpc) is 2.26. The highest BCUT2D eigenvalue weighted by molar-refractivity contribution is 5.88. The zero-order chi connectivity index (χ0) is 10.4. The van der Waals surface area contributed by atoms with Crippen molar-refractivity contribution in [3.63, 3.8) is 0 Å². The first kappa shape index (κ1) is 10.5. The fourth-order valence-corrected chi connectivity index (χ4v) is 1.28. The van der Waals surface area contributed by atoms with Gasteiger partial charge in [0.15, 0.2) is 0 Å². The van der Waals surface area contributed by atoms with E-state index in [9.17, 15) is 4.79 Å². The highest BCUT2D eigenvalue weighted by Crippen LogP contribution is 2.17. The third-order valence-corrected chi connectivity index (χ3v) is 2.12. The lowest BCUT2D eigenvalue weighted by atomic mass is 10.0. The maximum absolute atomic E-state index is 11.2. The fraction of sp³-hybridized carbons (Fsp3) is 0.250. The van der Waals surface area contributed by atoms with Gasteiger partial charge in [0.05, 0.1) is 6.42 Å². The molecule has 0 aromatic heterocycles. The van der Waals surface area contributed by atoms with E-state index in [-0.39, 0.29) is 5.91 Å². The first-order chi connectivity index (χ1) is 6.77. The molecule has 0 fully saturated rings. The Morgan fingerprint density at radius 3 is 2.50 bits per heavy atom. The first-order valence-corrected chi connectivity index (χ1v) is 4.69. The van der Waals surface area contributed by atoms with Crippen molar-refractivity contribution in [1.82, 2.24) is 5.32 Å². The fourth-order valence-electron chi connectivity index (χ4n) is 1.28. The SMILES string of the molecule is C/C=C(/CC(=O)NC)c1ccccc1. The first-order valence-electron chi connectivity index (χ1n) is 4.69. The molecular weight excluding hydrogens is 174 g/mol. The Morgan fingerprint density at radius 2 is 2.00 bits per heavy atom. The molecule has 2 nitrogen and oxygen atoms in total. The number of hydrogen-bond acceptors (Lipinski definition) is 1. The topological polar surface area (TPSA) is 29.1 Å². The van der Waals surface area contributed by atoms with Crippen LogP contribution in [0, 0.1) is 0 Å². The Balaban J connectivity index is 2.79. The Bertz CT molecular complexity index is 327. The van der Waals surface area contributed by atoms with Crippen LogP contribution >= 0.6 is 0 Å². The molecule has 0 saturated heterocycles. The van der Waals surface area contributed by atoms with Crippen LogP contribution in [0.2, 0.25) is 0 Å². The van der Waals surface area contributed by atoms with Gasteiger partial charge in [-0.2, -0.15) is 0 Å². The number of carbonyl (C=O) groups excluding carboxylic acids is 1. The summed E-state index contributed by atoms with van der Waals surface area (Å²) >= 11 is 0. The van der Waals surface area contributed by atoms with Gasteiger partial charge in [-0.25, -0.2) is 0 Å². The van der Waals surface area contributed by atoms with Crippen LogP contribution < -0.4 is 5.32 Å². The summed E-state index contributed by atoms with van der Waals surface area (Å²) in [6.07, 6.45) is 2.42. The maximum atomic E-state index is 11.2. The van der Waals surface area contributed by atoms with E-state index in [0.717, 1.165) is 11.1 Å². The molecule has 0 bridgehead atoms. The molecule has 0 aliphatic heterocycles. The van der Waals surface area contributed by atoms with Crippen LogP contribution in [0.3, 0.4) is 0 Å². The second kappa shape index (κ2) is 5.22. The maximum Gasteiger partial charge on any atom is 0.224 e. The molecule has 0 aliphatic rings. The van der Waals surface area contributed by atoms with Crippen LogP contribution in [0.4, 0.5) is 0 Å². The minimum atomic E-state index is 0.0435. The molecule has 0 unspecified atom stereocenters. The third-order valence-electron chi connectivity index (χ3n) is 2.12. The zero-order valence-corrected chi connectivity index (χ0v) is 8.58. The number of benzene rings is 1. The highest BCUT2D eigenvalue weighted by atomic mass is 16.1. The Labute approximate surface area is 84.6 Å². The van der Waals surface area contributed by atoms with E-state index in [0.29, 0.717) is 6.42 Å². The van der Waals surface area contributed by atoms with E-state index in [1.54, 1.807) is 7.05 Å². The zero-order valence-electron chi connectivity index (χ0n) is 8.58. The van der Waals surface area contributed by atoms with Crippen molar-refractivity contribution in [1.29, 1.82) is 0 Å². The number of amides is 1. The number of carbonyl (C=O) groups is 1. The minimum Gasteiger partial charge on any atom is -0.359 e. The van der Waals surface area contributed by atoms with Gasteiger partial charge < -0.3 is 5.32 Å². The van der Waals surface area contributed by atoms with Crippen LogP contribution in [-0.4, -0.2) is 13.0 Å². The lowest BCUT2D eigenvalue weighted by Gasteiger charge is -2.05. The quantitative estimate of drug-likeness (QED) is 0.776. The van der Waals surface area contributed by atoms with Crippen LogP contribution in [0.5, 0.6) is 0 Å². The van der Waals surface area contributed by atoms with Crippen molar-refractivity contribution < 1.29 is 4.79 Å². The van der Waals surface area contributed by atoms with Gasteiger partial charge in [-0.3, -0.25) is 4.79 Å². The Kier molecular flexibility index (Phi) is 3.92. The summed E-state index contributed by atoms with van der Waals surface area (Å²) in [4.78, 5) is 11.2. The van der Waals surface area contributed by atoms with Crippen LogP contribution in [-0.2, 0) is 4.79 Å². The number of allylic oxidation sites excluding steroid dienone is 1. The normalized spacial score (nSPS) is 11.1. The molecule has 0 radical (unpaired) electrons. The van der Waals surface area contributed by atoms with Crippen molar-refractivity contribution in [3.8, 4) is 0 Å². The molecule has 0 atom stereocenters. The van der Waals surface area contributed by atoms with Crippen molar-refractivity contribution in [2.75, 3.05) is 7.05 Å². The Hall–Kier alpha value is -1.57. The Morgan fingerprint density at radius 1 is 1.36 bits per heavy atom. The second-order valence-corrected chi connectivity index (χ2v) is 3.03. The third kappa shape index (κ3) is 2.73. The molecule has 1 aromatic carbocycles. The lowest BCUT2D eigenvalue weighted by molar-refractivity contribution is -0.119. The number of rotatable bonds is 3. The van der Waals surface area contributed by atoms with E-state index in [1.165, 1.54) is 0 Å². The van der Waals surface area contributed by atoms with Gasteiger partial charge in [0.2, 0.25) is 5.91 Å². The predicted octanol–water partition coefficient (Wildman–Crippen LogP) is 2.23. The van der Waals surface area contributed by atoms with Gasteiger partial charge in [0, 0.05) is 7.05 Å². The minimum absolute atomic E-state index is 0.0435. The molecule has 1 rings (SSSR count). The predicted molar refractivity (Wildman–Crippen MR) is 58.8 cm³/mol. The summed E-state index contributed by atoms with van der Waals surface area (Å²) in [5.41, 5.74) is 2.17. The van der Waals surface area contributed by atoms with E-state index >= 15 is 0 Å². The van der Waals surface area contributed by atoms with Gasteiger partial charge in [-0.05, 0) is 18.1 Å². The number of hydrogen-bond donors (Lipinski definition) is 1. The molecule has 0 aliphatic carbocycles. The van der Waals surface area contributed by atoms with Crippen molar-refractivity contribution in [3.05, 3.63) is 42.0 Å².